The summed E-state index contributed by atoms with van der Waals surface area (Å²) in [6, 6.07) is 17.6. The van der Waals surface area contributed by atoms with E-state index in [0.29, 0.717) is 29.4 Å². The topological polar surface area (TPSA) is 78.7 Å². The molecule has 7 nitrogen and oxygen atoms in total. The van der Waals surface area contributed by atoms with Crippen molar-refractivity contribution in [1.29, 1.82) is 0 Å². The fraction of sp³-hybridized carbons (Fsp3) is 0.261. The molecule has 1 aromatic heterocycles. The Kier molecular flexibility index (Phi) is 7.44. The van der Waals surface area contributed by atoms with Crippen molar-refractivity contribution in [3.8, 4) is 11.3 Å². The first-order chi connectivity index (χ1) is 14.8. The van der Waals surface area contributed by atoms with Crippen LogP contribution in [0.1, 0.15) is 12.0 Å². The van der Waals surface area contributed by atoms with Crippen LogP contribution in [0.25, 0.3) is 11.3 Å². The number of anilines is 1. The minimum absolute atomic E-state index is 0.232. The van der Waals surface area contributed by atoms with Crippen molar-refractivity contribution >= 4 is 23.4 Å². The van der Waals surface area contributed by atoms with E-state index in [1.807, 2.05) is 37.2 Å². The zero-order valence-electron chi connectivity index (χ0n) is 17.5. The monoisotopic (exact) mass is 440 g/mol. The molecule has 162 valence electrons. The molecule has 0 spiro atoms. The zero-order valence-corrected chi connectivity index (χ0v) is 18.3. The molecule has 2 aromatic carbocycles. The number of carbonyl (C=O) groups is 1. The van der Waals surface area contributed by atoms with Crippen molar-refractivity contribution in [3.05, 3.63) is 81.6 Å². The van der Waals surface area contributed by atoms with Gasteiger partial charge in [-0.25, -0.2) is 9.48 Å². The Bertz CT molecular complexity index is 1100. The quantitative estimate of drug-likeness (QED) is 0.571. The van der Waals surface area contributed by atoms with Crippen LogP contribution < -0.4 is 10.5 Å². The van der Waals surface area contributed by atoms with E-state index in [4.69, 9.17) is 11.6 Å². The van der Waals surface area contributed by atoms with Gasteiger partial charge in [-0.1, -0.05) is 35.9 Å². The Morgan fingerprint density at radius 3 is 2.48 bits per heavy atom. The molecule has 3 rings (SSSR count). The SMILES string of the molecule is CN(C)CCCN(C(=O)O)c1cccc(Cn2nc(-c3ccc(Cl)cc3)ccc2=O)c1. The third kappa shape index (κ3) is 6.16. The minimum atomic E-state index is -1.00. The number of nitrogens with zero attached hydrogens (tertiary/aromatic N) is 4. The van der Waals surface area contributed by atoms with Gasteiger partial charge < -0.3 is 10.0 Å². The van der Waals surface area contributed by atoms with Crippen molar-refractivity contribution in [2.24, 2.45) is 0 Å². The number of halogens is 1. The Morgan fingerprint density at radius 1 is 1.06 bits per heavy atom. The summed E-state index contributed by atoms with van der Waals surface area (Å²) in [5, 5.41) is 14.7. The predicted octanol–water partition coefficient (Wildman–Crippen LogP) is 4.05. The summed E-state index contributed by atoms with van der Waals surface area (Å²) in [6.07, 6.45) is -0.288. The van der Waals surface area contributed by atoms with Gasteiger partial charge in [0.2, 0.25) is 0 Å². The molecule has 0 unspecified atom stereocenters. The van der Waals surface area contributed by atoms with E-state index in [1.54, 1.807) is 36.4 Å². The summed E-state index contributed by atoms with van der Waals surface area (Å²) >= 11 is 5.95. The molecule has 0 atom stereocenters. The maximum absolute atomic E-state index is 12.4. The molecule has 0 aliphatic rings. The molecule has 31 heavy (non-hydrogen) atoms. The second-order valence-electron chi connectivity index (χ2n) is 7.48. The third-order valence-electron chi connectivity index (χ3n) is 4.78. The Balaban J connectivity index is 1.83. The molecule has 0 saturated carbocycles. The van der Waals surface area contributed by atoms with E-state index in [2.05, 4.69) is 5.10 Å². The summed E-state index contributed by atoms with van der Waals surface area (Å²) in [5.41, 5.74) is 2.64. The smallest absolute Gasteiger partial charge is 0.411 e. The van der Waals surface area contributed by atoms with E-state index in [-0.39, 0.29) is 12.1 Å². The second kappa shape index (κ2) is 10.2. The fourth-order valence-corrected chi connectivity index (χ4v) is 3.34. The Labute approximate surface area is 186 Å². The van der Waals surface area contributed by atoms with Crippen LogP contribution in [0.3, 0.4) is 0 Å². The summed E-state index contributed by atoms with van der Waals surface area (Å²) in [6.45, 7) is 1.42. The van der Waals surface area contributed by atoms with Crippen LogP contribution in [-0.4, -0.2) is 53.1 Å². The molecule has 1 heterocycles. The van der Waals surface area contributed by atoms with E-state index in [1.165, 1.54) is 15.6 Å². The number of carboxylic acid groups (broad SMARTS) is 1. The average Bonchev–Trinajstić information content (AvgIpc) is 2.73. The van der Waals surface area contributed by atoms with Crippen LogP contribution in [0.4, 0.5) is 10.5 Å². The molecular formula is C23H25ClN4O3. The van der Waals surface area contributed by atoms with E-state index in [9.17, 15) is 14.7 Å². The number of benzene rings is 2. The van der Waals surface area contributed by atoms with Crippen LogP contribution in [0.2, 0.25) is 5.02 Å². The second-order valence-corrected chi connectivity index (χ2v) is 7.92. The van der Waals surface area contributed by atoms with Crippen molar-refractivity contribution in [2.75, 3.05) is 32.1 Å². The molecule has 0 saturated heterocycles. The van der Waals surface area contributed by atoms with Crippen LogP contribution in [0, 0.1) is 0 Å². The molecule has 0 aliphatic heterocycles. The van der Waals surface area contributed by atoms with Gasteiger partial charge in [-0.3, -0.25) is 9.69 Å². The highest BCUT2D eigenvalue weighted by Gasteiger charge is 2.15. The van der Waals surface area contributed by atoms with Gasteiger partial charge >= 0.3 is 6.09 Å². The lowest BCUT2D eigenvalue weighted by Crippen LogP contribution is -2.32. The average molecular weight is 441 g/mol. The molecule has 8 heteroatoms. The van der Waals surface area contributed by atoms with Gasteiger partial charge in [-0.05, 0) is 63.0 Å². The number of rotatable bonds is 8. The largest absolute Gasteiger partial charge is 0.465 e. The van der Waals surface area contributed by atoms with E-state index >= 15 is 0 Å². The van der Waals surface area contributed by atoms with Crippen LogP contribution in [0.5, 0.6) is 0 Å². The molecule has 1 amide bonds. The van der Waals surface area contributed by atoms with Gasteiger partial charge in [-0.15, -0.1) is 0 Å². The predicted molar refractivity (Wildman–Crippen MR) is 123 cm³/mol. The van der Waals surface area contributed by atoms with Gasteiger partial charge in [0.15, 0.2) is 0 Å². The number of aromatic nitrogens is 2. The van der Waals surface area contributed by atoms with Crippen molar-refractivity contribution < 1.29 is 9.90 Å². The fourth-order valence-electron chi connectivity index (χ4n) is 3.21. The van der Waals surface area contributed by atoms with Gasteiger partial charge in [0.1, 0.15) is 0 Å². The van der Waals surface area contributed by atoms with Crippen LogP contribution in [-0.2, 0) is 6.54 Å². The first-order valence-corrected chi connectivity index (χ1v) is 10.3. The molecule has 3 aromatic rings. The molecule has 0 bridgehead atoms. The zero-order chi connectivity index (χ0) is 22.4. The summed E-state index contributed by atoms with van der Waals surface area (Å²) in [5.74, 6) is 0. The van der Waals surface area contributed by atoms with Crippen molar-refractivity contribution in [3.63, 3.8) is 0 Å². The summed E-state index contributed by atoms with van der Waals surface area (Å²) in [7, 11) is 3.91. The standard InChI is InChI=1S/C23H25ClN4O3/c1-26(2)13-4-14-27(23(30)31)20-6-3-5-17(15-20)16-28-22(29)12-11-21(25-28)18-7-9-19(24)10-8-18/h3,5-12,15H,4,13-14,16H2,1-2H3,(H,30,31). The lowest BCUT2D eigenvalue weighted by atomic mass is 10.1. The Hall–Kier alpha value is -3.16. The van der Waals surface area contributed by atoms with Gasteiger partial charge in [0.25, 0.3) is 5.56 Å². The van der Waals surface area contributed by atoms with Gasteiger partial charge in [-0.2, -0.15) is 5.10 Å². The summed E-state index contributed by atoms with van der Waals surface area (Å²) in [4.78, 5) is 27.5. The van der Waals surface area contributed by atoms with Gasteiger partial charge in [0, 0.05) is 28.9 Å². The van der Waals surface area contributed by atoms with Crippen LogP contribution in [0.15, 0.2) is 65.5 Å². The maximum atomic E-state index is 12.4. The highest BCUT2D eigenvalue weighted by atomic mass is 35.5. The number of hydrogen-bond acceptors (Lipinski definition) is 4. The lowest BCUT2D eigenvalue weighted by Gasteiger charge is -2.21. The number of amides is 1. The Morgan fingerprint density at radius 2 is 1.81 bits per heavy atom. The minimum Gasteiger partial charge on any atom is -0.465 e. The first kappa shape index (κ1) is 22.5. The summed E-state index contributed by atoms with van der Waals surface area (Å²) < 4.78 is 1.38. The molecule has 0 aliphatic carbocycles. The maximum Gasteiger partial charge on any atom is 0.411 e. The molecule has 1 N–H and O–H groups in total. The molecular weight excluding hydrogens is 416 g/mol. The first-order valence-electron chi connectivity index (χ1n) is 9.92. The highest BCUT2D eigenvalue weighted by molar-refractivity contribution is 6.30. The van der Waals surface area contributed by atoms with Crippen LogP contribution >= 0.6 is 11.6 Å². The molecule has 0 radical (unpaired) electrons. The molecule has 0 fully saturated rings. The van der Waals surface area contributed by atoms with E-state index < -0.39 is 6.09 Å². The van der Waals surface area contributed by atoms with E-state index in [0.717, 1.165) is 17.7 Å². The van der Waals surface area contributed by atoms with Crippen molar-refractivity contribution in [2.45, 2.75) is 13.0 Å². The lowest BCUT2D eigenvalue weighted by molar-refractivity contribution is 0.201. The normalized spacial score (nSPS) is 11.0. The highest BCUT2D eigenvalue weighted by Crippen LogP contribution is 2.20. The number of hydrogen-bond donors (Lipinski definition) is 1. The third-order valence-corrected chi connectivity index (χ3v) is 5.03. The van der Waals surface area contributed by atoms with Crippen molar-refractivity contribution in [1.82, 2.24) is 14.7 Å². The van der Waals surface area contributed by atoms with Gasteiger partial charge in [0.05, 0.1) is 12.2 Å².